The highest BCUT2D eigenvalue weighted by Gasteiger charge is 2.20. The van der Waals surface area contributed by atoms with Crippen LogP contribution >= 0.6 is 11.3 Å². The lowest BCUT2D eigenvalue weighted by Gasteiger charge is -2.06. The summed E-state index contributed by atoms with van der Waals surface area (Å²) in [5.74, 6) is 0.794. The Labute approximate surface area is 114 Å². The molecule has 0 aliphatic carbocycles. The van der Waals surface area contributed by atoms with Crippen molar-refractivity contribution in [2.75, 3.05) is 21.3 Å². The van der Waals surface area contributed by atoms with E-state index in [9.17, 15) is 4.79 Å². The summed E-state index contributed by atoms with van der Waals surface area (Å²) in [6, 6.07) is 1.65. The second kappa shape index (κ2) is 5.66. The molecule has 0 spiro atoms. The first kappa shape index (κ1) is 13.3. The number of carbonyl (C=O) groups is 1. The van der Waals surface area contributed by atoms with Crippen molar-refractivity contribution in [2.45, 2.75) is 0 Å². The highest BCUT2D eigenvalue weighted by atomic mass is 32.1. The molecule has 0 saturated heterocycles. The minimum absolute atomic E-state index is 0.136. The van der Waals surface area contributed by atoms with Crippen molar-refractivity contribution in [2.24, 2.45) is 0 Å². The van der Waals surface area contributed by atoms with Crippen LogP contribution in [0.1, 0.15) is 15.4 Å². The number of methoxy groups -OCH3 is 3. The molecule has 0 unspecified atom stereocenters. The van der Waals surface area contributed by atoms with E-state index >= 15 is 0 Å². The first-order valence-corrected chi connectivity index (χ1v) is 6.19. The van der Waals surface area contributed by atoms with E-state index in [2.05, 4.69) is 9.97 Å². The van der Waals surface area contributed by atoms with E-state index in [1.54, 1.807) is 18.6 Å². The molecule has 0 atom stereocenters. The van der Waals surface area contributed by atoms with Gasteiger partial charge in [-0.15, -0.1) is 11.3 Å². The molecule has 100 valence electrons. The number of rotatable bonds is 5. The summed E-state index contributed by atoms with van der Waals surface area (Å²) in [6.45, 7) is 0. The molecule has 0 amide bonds. The summed E-state index contributed by atoms with van der Waals surface area (Å²) in [5.41, 5.74) is 0.146. The zero-order valence-corrected chi connectivity index (χ0v) is 11.5. The van der Waals surface area contributed by atoms with E-state index in [1.165, 1.54) is 31.8 Å². The van der Waals surface area contributed by atoms with Gasteiger partial charge in [-0.05, 0) is 0 Å². The van der Waals surface area contributed by atoms with E-state index in [-0.39, 0.29) is 23.2 Å². The van der Waals surface area contributed by atoms with Gasteiger partial charge in [0.15, 0.2) is 5.69 Å². The predicted molar refractivity (Wildman–Crippen MR) is 69.4 cm³/mol. The summed E-state index contributed by atoms with van der Waals surface area (Å²) < 4.78 is 15.0. The second-order valence-corrected chi connectivity index (χ2v) is 4.36. The summed E-state index contributed by atoms with van der Waals surface area (Å²) >= 11 is 1.28. The van der Waals surface area contributed by atoms with Crippen molar-refractivity contribution in [1.29, 1.82) is 0 Å². The number of ether oxygens (including phenoxy) is 3. The Balaban J connectivity index is 2.37. The largest absolute Gasteiger partial charge is 0.496 e. The van der Waals surface area contributed by atoms with Crippen molar-refractivity contribution in [3.63, 3.8) is 0 Å². The Hall–Kier alpha value is -2.15. The molecular formula is C12H12N2O4S. The fourth-order valence-electron chi connectivity index (χ4n) is 1.41. The first-order chi connectivity index (χ1) is 9.19. The van der Waals surface area contributed by atoms with Crippen LogP contribution in [0.15, 0.2) is 17.6 Å². The normalized spacial score (nSPS) is 10.1. The summed E-state index contributed by atoms with van der Waals surface area (Å²) in [7, 11) is 4.44. The molecule has 2 heterocycles. The van der Waals surface area contributed by atoms with Gasteiger partial charge < -0.3 is 14.2 Å². The van der Waals surface area contributed by atoms with Crippen LogP contribution < -0.4 is 14.2 Å². The van der Waals surface area contributed by atoms with Gasteiger partial charge in [-0.25, -0.2) is 4.98 Å². The standard InChI is InChI=1S/C12H12N2O4S/c1-16-7-4-8(19-6-7)11(15)10-12(18-3)14-9(17-2)5-13-10/h4-6H,1-3H3. The maximum Gasteiger partial charge on any atom is 0.247 e. The van der Waals surface area contributed by atoms with E-state index < -0.39 is 0 Å². The number of ketones is 1. The molecule has 0 aromatic carbocycles. The second-order valence-electron chi connectivity index (χ2n) is 3.45. The van der Waals surface area contributed by atoms with Gasteiger partial charge in [-0.2, -0.15) is 4.98 Å². The first-order valence-electron chi connectivity index (χ1n) is 5.31. The smallest absolute Gasteiger partial charge is 0.247 e. The van der Waals surface area contributed by atoms with Crippen molar-refractivity contribution in [3.05, 3.63) is 28.2 Å². The molecule has 2 aromatic rings. The van der Waals surface area contributed by atoms with Crippen molar-refractivity contribution >= 4 is 17.1 Å². The molecule has 7 heteroatoms. The van der Waals surface area contributed by atoms with Gasteiger partial charge in [0.2, 0.25) is 17.5 Å². The number of carbonyl (C=O) groups excluding carboxylic acids is 1. The minimum atomic E-state index is -0.264. The molecule has 0 bridgehead atoms. The average Bonchev–Trinajstić information content (AvgIpc) is 2.94. The molecule has 0 fully saturated rings. The highest BCUT2D eigenvalue weighted by molar-refractivity contribution is 7.12. The van der Waals surface area contributed by atoms with Crippen LogP contribution in [-0.4, -0.2) is 37.1 Å². The number of thiophene rings is 1. The molecule has 0 aliphatic heterocycles. The Bertz CT molecular complexity index is 597. The van der Waals surface area contributed by atoms with E-state index in [1.807, 2.05) is 0 Å². The van der Waals surface area contributed by atoms with Gasteiger partial charge in [0.1, 0.15) is 5.75 Å². The zero-order chi connectivity index (χ0) is 13.8. The molecule has 6 nitrogen and oxygen atoms in total. The van der Waals surface area contributed by atoms with Gasteiger partial charge in [-0.1, -0.05) is 0 Å². The van der Waals surface area contributed by atoms with Crippen LogP contribution in [0, 0.1) is 0 Å². The molecule has 0 saturated carbocycles. The van der Waals surface area contributed by atoms with Crippen LogP contribution in [0.2, 0.25) is 0 Å². The summed E-state index contributed by atoms with van der Waals surface area (Å²) in [6.07, 6.45) is 1.38. The SMILES string of the molecule is COc1csc(C(=O)c2ncc(OC)nc2OC)c1. The summed E-state index contributed by atoms with van der Waals surface area (Å²) in [4.78, 5) is 20.9. The average molecular weight is 280 g/mol. The maximum atomic E-state index is 12.3. The third kappa shape index (κ3) is 2.65. The van der Waals surface area contributed by atoms with Crippen LogP contribution in [-0.2, 0) is 0 Å². The lowest BCUT2D eigenvalue weighted by Crippen LogP contribution is -2.07. The third-order valence-corrected chi connectivity index (χ3v) is 3.28. The van der Waals surface area contributed by atoms with Crippen LogP contribution in [0.4, 0.5) is 0 Å². The van der Waals surface area contributed by atoms with Crippen molar-refractivity contribution in [3.8, 4) is 17.5 Å². The van der Waals surface area contributed by atoms with E-state index in [0.717, 1.165) is 0 Å². The molecule has 19 heavy (non-hydrogen) atoms. The number of aromatic nitrogens is 2. The van der Waals surface area contributed by atoms with Crippen molar-refractivity contribution < 1.29 is 19.0 Å². The van der Waals surface area contributed by atoms with E-state index in [4.69, 9.17) is 14.2 Å². The van der Waals surface area contributed by atoms with Gasteiger partial charge in [-0.3, -0.25) is 4.79 Å². The maximum absolute atomic E-state index is 12.3. The van der Waals surface area contributed by atoms with Crippen LogP contribution in [0.3, 0.4) is 0 Å². The predicted octanol–water partition coefficient (Wildman–Crippen LogP) is 1.79. The Morgan fingerprint density at radius 1 is 1.21 bits per heavy atom. The van der Waals surface area contributed by atoms with Gasteiger partial charge >= 0.3 is 0 Å². The minimum Gasteiger partial charge on any atom is -0.496 e. The van der Waals surface area contributed by atoms with Gasteiger partial charge in [0.25, 0.3) is 0 Å². The number of hydrogen-bond donors (Lipinski definition) is 0. The lowest BCUT2D eigenvalue weighted by molar-refractivity contribution is 0.103. The molecule has 0 N–H and O–H groups in total. The van der Waals surface area contributed by atoms with Crippen molar-refractivity contribution in [1.82, 2.24) is 9.97 Å². The molecular weight excluding hydrogens is 268 g/mol. The Kier molecular flexibility index (Phi) is 3.96. The fourth-order valence-corrected chi connectivity index (χ4v) is 2.21. The fraction of sp³-hybridized carbons (Fsp3) is 0.250. The third-order valence-electron chi connectivity index (χ3n) is 2.37. The Morgan fingerprint density at radius 2 is 2.00 bits per heavy atom. The zero-order valence-electron chi connectivity index (χ0n) is 10.7. The quantitative estimate of drug-likeness (QED) is 0.778. The molecule has 0 aliphatic rings. The molecule has 2 rings (SSSR count). The topological polar surface area (TPSA) is 70.5 Å². The highest BCUT2D eigenvalue weighted by Crippen LogP contribution is 2.26. The van der Waals surface area contributed by atoms with Gasteiger partial charge in [0, 0.05) is 11.4 Å². The Morgan fingerprint density at radius 3 is 2.58 bits per heavy atom. The lowest BCUT2D eigenvalue weighted by atomic mass is 10.2. The molecule has 2 aromatic heterocycles. The monoisotopic (exact) mass is 280 g/mol. The number of nitrogens with zero attached hydrogens (tertiary/aromatic N) is 2. The van der Waals surface area contributed by atoms with Crippen LogP contribution in [0.25, 0.3) is 0 Å². The molecule has 0 radical (unpaired) electrons. The van der Waals surface area contributed by atoms with Gasteiger partial charge in [0.05, 0.1) is 32.4 Å². The van der Waals surface area contributed by atoms with Crippen LogP contribution in [0.5, 0.6) is 17.5 Å². The van der Waals surface area contributed by atoms with E-state index in [0.29, 0.717) is 10.6 Å². The number of hydrogen-bond acceptors (Lipinski definition) is 7. The summed E-state index contributed by atoms with van der Waals surface area (Å²) in [5, 5.41) is 1.75.